The van der Waals surface area contributed by atoms with Crippen LogP contribution in [0.4, 0.5) is 0 Å². The molecule has 0 unspecified atom stereocenters. The fourth-order valence-electron chi connectivity index (χ4n) is 1.89. The summed E-state index contributed by atoms with van der Waals surface area (Å²) in [5, 5.41) is 9.77. The third-order valence-electron chi connectivity index (χ3n) is 3.04. The Morgan fingerprint density at radius 1 is 1.21 bits per heavy atom. The van der Waals surface area contributed by atoms with E-state index in [1.807, 2.05) is 0 Å². The zero-order valence-corrected chi connectivity index (χ0v) is 15.0. The van der Waals surface area contributed by atoms with Gasteiger partial charge in [0.05, 0.1) is 17.2 Å². The van der Waals surface area contributed by atoms with Crippen molar-refractivity contribution in [3.63, 3.8) is 0 Å². The highest BCUT2D eigenvalue weighted by atomic mass is 35.5. The first-order valence-electron chi connectivity index (χ1n) is 6.82. The number of aromatic hydroxyl groups is 1. The van der Waals surface area contributed by atoms with Gasteiger partial charge in [-0.1, -0.05) is 23.2 Å². The van der Waals surface area contributed by atoms with Gasteiger partial charge in [0, 0.05) is 12.1 Å². The standard InChI is InChI=1S/C16H15Cl2NO4.ClH/c1-2-22-16(21)11-4-6-13(15(18)14(11)17)23-10-3-5-12(20)9(7-10)8-19;/h3-7,20H,2,8,19H2,1H3;1H. The van der Waals surface area contributed by atoms with Crippen LogP contribution in [0.3, 0.4) is 0 Å². The molecule has 3 N–H and O–H groups in total. The van der Waals surface area contributed by atoms with Crippen LogP contribution < -0.4 is 10.5 Å². The summed E-state index contributed by atoms with van der Waals surface area (Å²) in [5.74, 6) is 0.242. The van der Waals surface area contributed by atoms with Gasteiger partial charge < -0.3 is 20.3 Å². The molecular weight excluding hydrogens is 377 g/mol. The fourth-order valence-corrected chi connectivity index (χ4v) is 2.33. The number of rotatable bonds is 5. The summed E-state index contributed by atoms with van der Waals surface area (Å²) in [6, 6.07) is 7.64. The predicted molar refractivity (Wildman–Crippen MR) is 95.7 cm³/mol. The van der Waals surface area contributed by atoms with Crippen LogP contribution in [0, 0.1) is 0 Å². The van der Waals surface area contributed by atoms with Gasteiger partial charge in [0.15, 0.2) is 0 Å². The molecule has 0 spiro atoms. The summed E-state index contributed by atoms with van der Waals surface area (Å²) in [6.07, 6.45) is 0. The van der Waals surface area contributed by atoms with E-state index in [0.717, 1.165) is 0 Å². The van der Waals surface area contributed by atoms with Gasteiger partial charge in [-0.2, -0.15) is 0 Å². The van der Waals surface area contributed by atoms with Crippen LogP contribution in [-0.2, 0) is 11.3 Å². The number of carbonyl (C=O) groups is 1. The summed E-state index contributed by atoms with van der Waals surface area (Å²) in [7, 11) is 0. The van der Waals surface area contributed by atoms with Crippen molar-refractivity contribution in [2.75, 3.05) is 6.61 Å². The number of ether oxygens (including phenoxy) is 2. The first-order chi connectivity index (χ1) is 11.0. The lowest BCUT2D eigenvalue weighted by molar-refractivity contribution is 0.0526. The molecule has 0 amide bonds. The summed E-state index contributed by atoms with van der Waals surface area (Å²) in [6.45, 7) is 2.10. The molecule has 0 aliphatic carbocycles. The van der Waals surface area contributed by atoms with Crippen molar-refractivity contribution in [1.29, 1.82) is 0 Å². The summed E-state index contributed by atoms with van der Waals surface area (Å²) < 4.78 is 10.5. The molecule has 130 valence electrons. The normalized spacial score (nSPS) is 10.0. The number of carbonyl (C=O) groups excluding carboxylic acids is 1. The monoisotopic (exact) mass is 391 g/mol. The van der Waals surface area contributed by atoms with E-state index in [0.29, 0.717) is 11.3 Å². The van der Waals surface area contributed by atoms with Gasteiger partial charge in [-0.05, 0) is 37.3 Å². The number of hydrogen-bond donors (Lipinski definition) is 2. The summed E-state index contributed by atoms with van der Waals surface area (Å²) in [5.41, 5.74) is 6.24. The molecule has 0 aliphatic rings. The minimum absolute atomic E-state index is 0. The highest BCUT2D eigenvalue weighted by Gasteiger charge is 2.18. The zero-order valence-electron chi connectivity index (χ0n) is 12.7. The quantitative estimate of drug-likeness (QED) is 0.730. The molecule has 0 saturated carbocycles. The molecule has 0 aliphatic heterocycles. The zero-order chi connectivity index (χ0) is 17.0. The molecule has 0 fully saturated rings. The average molecular weight is 393 g/mol. The van der Waals surface area contributed by atoms with Gasteiger partial charge in [-0.3, -0.25) is 0 Å². The van der Waals surface area contributed by atoms with Crippen molar-refractivity contribution in [2.45, 2.75) is 13.5 Å². The molecule has 0 atom stereocenters. The lowest BCUT2D eigenvalue weighted by Gasteiger charge is -2.12. The average Bonchev–Trinajstić information content (AvgIpc) is 2.53. The highest BCUT2D eigenvalue weighted by molar-refractivity contribution is 6.44. The molecule has 2 aromatic carbocycles. The van der Waals surface area contributed by atoms with Crippen LogP contribution in [-0.4, -0.2) is 17.7 Å². The van der Waals surface area contributed by atoms with E-state index in [-0.39, 0.29) is 52.7 Å². The number of benzene rings is 2. The first kappa shape index (κ1) is 20.4. The van der Waals surface area contributed by atoms with E-state index >= 15 is 0 Å². The van der Waals surface area contributed by atoms with E-state index in [1.165, 1.54) is 18.2 Å². The van der Waals surface area contributed by atoms with E-state index in [2.05, 4.69) is 0 Å². The molecule has 2 aromatic rings. The van der Waals surface area contributed by atoms with Crippen molar-refractivity contribution >= 4 is 41.6 Å². The van der Waals surface area contributed by atoms with Gasteiger partial charge in [-0.15, -0.1) is 12.4 Å². The molecular formula is C16H16Cl3NO4. The van der Waals surface area contributed by atoms with Crippen LogP contribution in [0.5, 0.6) is 17.2 Å². The number of phenolic OH excluding ortho intramolecular Hbond substituents is 1. The molecule has 0 bridgehead atoms. The molecule has 0 heterocycles. The topological polar surface area (TPSA) is 81.8 Å². The smallest absolute Gasteiger partial charge is 0.339 e. The largest absolute Gasteiger partial charge is 0.508 e. The third-order valence-corrected chi connectivity index (χ3v) is 3.91. The summed E-state index contributed by atoms with van der Waals surface area (Å²) in [4.78, 5) is 11.8. The number of nitrogens with two attached hydrogens (primary N) is 1. The van der Waals surface area contributed by atoms with Crippen molar-refractivity contribution < 1.29 is 19.4 Å². The van der Waals surface area contributed by atoms with Crippen molar-refractivity contribution in [3.8, 4) is 17.2 Å². The van der Waals surface area contributed by atoms with Crippen LogP contribution in [0.2, 0.25) is 10.0 Å². The second kappa shape index (κ2) is 8.99. The van der Waals surface area contributed by atoms with Crippen LogP contribution in [0.15, 0.2) is 30.3 Å². The Morgan fingerprint density at radius 2 is 1.92 bits per heavy atom. The maximum absolute atomic E-state index is 11.8. The SMILES string of the molecule is CCOC(=O)c1ccc(Oc2ccc(O)c(CN)c2)c(Cl)c1Cl.Cl. The third kappa shape index (κ3) is 4.45. The van der Waals surface area contributed by atoms with E-state index < -0.39 is 5.97 Å². The van der Waals surface area contributed by atoms with Crippen molar-refractivity contribution in [1.82, 2.24) is 0 Å². The molecule has 8 heteroatoms. The van der Waals surface area contributed by atoms with Gasteiger partial charge >= 0.3 is 5.97 Å². The Hall–Kier alpha value is -1.66. The number of phenols is 1. The van der Waals surface area contributed by atoms with Crippen LogP contribution in [0.1, 0.15) is 22.8 Å². The second-order valence-corrected chi connectivity index (χ2v) is 5.31. The first-order valence-corrected chi connectivity index (χ1v) is 7.58. The van der Waals surface area contributed by atoms with E-state index in [9.17, 15) is 9.90 Å². The van der Waals surface area contributed by atoms with Crippen molar-refractivity contribution in [3.05, 3.63) is 51.5 Å². The maximum atomic E-state index is 11.8. The number of halogens is 3. The second-order valence-electron chi connectivity index (χ2n) is 4.56. The summed E-state index contributed by atoms with van der Waals surface area (Å²) >= 11 is 12.3. The van der Waals surface area contributed by atoms with Gasteiger partial charge in [0.1, 0.15) is 22.3 Å². The van der Waals surface area contributed by atoms with E-state index in [1.54, 1.807) is 19.1 Å². The molecule has 5 nitrogen and oxygen atoms in total. The van der Waals surface area contributed by atoms with Gasteiger partial charge in [-0.25, -0.2) is 4.79 Å². The Kier molecular flexibility index (Phi) is 7.63. The highest BCUT2D eigenvalue weighted by Crippen LogP contribution is 2.38. The fraction of sp³-hybridized carbons (Fsp3) is 0.188. The van der Waals surface area contributed by atoms with E-state index in [4.69, 9.17) is 38.4 Å². The minimum atomic E-state index is -0.555. The minimum Gasteiger partial charge on any atom is -0.508 e. The Bertz CT molecular complexity index is 738. The predicted octanol–water partition coefficient (Wildman–Crippen LogP) is 4.55. The Labute approximate surface area is 155 Å². The molecule has 0 saturated heterocycles. The maximum Gasteiger partial charge on any atom is 0.339 e. The Balaban J connectivity index is 0.00000288. The number of hydrogen-bond acceptors (Lipinski definition) is 5. The molecule has 0 aromatic heterocycles. The lowest BCUT2D eigenvalue weighted by Crippen LogP contribution is -2.05. The van der Waals surface area contributed by atoms with Gasteiger partial charge in [0.25, 0.3) is 0 Å². The van der Waals surface area contributed by atoms with Crippen molar-refractivity contribution in [2.24, 2.45) is 5.73 Å². The Morgan fingerprint density at radius 3 is 2.54 bits per heavy atom. The van der Waals surface area contributed by atoms with Crippen LogP contribution in [0.25, 0.3) is 0 Å². The lowest BCUT2D eigenvalue weighted by atomic mass is 10.2. The van der Waals surface area contributed by atoms with Gasteiger partial charge in [0.2, 0.25) is 0 Å². The van der Waals surface area contributed by atoms with Crippen LogP contribution >= 0.6 is 35.6 Å². The molecule has 24 heavy (non-hydrogen) atoms. The molecule has 2 rings (SSSR count). The number of esters is 1. The molecule has 0 radical (unpaired) electrons.